The van der Waals surface area contributed by atoms with Crippen LogP contribution < -0.4 is 0 Å². The van der Waals surface area contributed by atoms with Gasteiger partial charge in [0.2, 0.25) is 0 Å². The molecule has 3 aromatic rings. The Bertz CT molecular complexity index is 546. The fraction of sp³-hybridized carbons (Fsp3) is 0. The molecule has 0 spiro atoms. The minimum absolute atomic E-state index is 1.10. The molecular weight excluding hydrogens is 172 g/mol. The molecule has 67 valence electrons. The molecule has 0 bridgehead atoms. The second-order valence-corrected chi connectivity index (χ2v) is 3.25. The van der Waals surface area contributed by atoms with Gasteiger partial charge in [-0.1, -0.05) is 18.2 Å². The molecule has 0 amide bonds. The molecule has 2 heterocycles. The number of hydrogen-bond acceptors (Lipinski definition) is 0. The van der Waals surface area contributed by atoms with E-state index in [1.165, 1.54) is 5.39 Å². The highest BCUT2D eigenvalue weighted by atomic mass is 14.7. The number of H-pyrrole nitrogens is 2. The molecule has 3 rings (SSSR count). The Kier molecular flexibility index (Phi) is 1.47. The lowest BCUT2D eigenvalue weighted by Gasteiger charge is -1.93. The normalized spacial score (nSPS) is 10.9. The number of aromatic amines is 2. The van der Waals surface area contributed by atoms with Gasteiger partial charge in [-0.25, -0.2) is 0 Å². The average molecular weight is 181 g/mol. The van der Waals surface area contributed by atoms with Crippen LogP contribution >= 0.6 is 0 Å². The fourth-order valence-corrected chi connectivity index (χ4v) is 1.71. The van der Waals surface area contributed by atoms with Gasteiger partial charge in [0.15, 0.2) is 0 Å². The molecule has 1 aromatic carbocycles. The Hall–Kier alpha value is -1.96. The molecule has 2 N–H and O–H groups in total. The summed E-state index contributed by atoms with van der Waals surface area (Å²) in [5, 5.41) is 1.20. The summed E-state index contributed by atoms with van der Waals surface area (Å²) in [5.41, 5.74) is 3.32. The highest BCUT2D eigenvalue weighted by Gasteiger charge is 2.05. The van der Waals surface area contributed by atoms with Crippen LogP contribution in [-0.2, 0) is 0 Å². The van der Waals surface area contributed by atoms with Crippen molar-refractivity contribution in [2.24, 2.45) is 0 Å². The molecule has 0 aliphatic carbocycles. The topological polar surface area (TPSA) is 31.6 Å². The molecule has 0 unspecified atom stereocenters. The Morgan fingerprint density at radius 1 is 1.00 bits per heavy atom. The lowest BCUT2D eigenvalue weighted by atomic mass is 10.1. The van der Waals surface area contributed by atoms with Crippen LogP contribution in [-0.4, -0.2) is 9.97 Å². The standard InChI is InChI=1S/C12H9N2/c1-2-5-11-9(4-1)10(8-14-11)12-6-3-7-13-12/h1-7,13-14H. The van der Waals surface area contributed by atoms with Gasteiger partial charge >= 0.3 is 0 Å². The minimum Gasteiger partial charge on any atom is -0.361 e. The number of nitrogens with one attached hydrogen (secondary N) is 2. The number of benzene rings is 1. The summed E-state index contributed by atoms with van der Waals surface area (Å²) in [5.74, 6) is 0. The monoisotopic (exact) mass is 181 g/mol. The summed E-state index contributed by atoms with van der Waals surface area (Å²) in [6.45, 7) is 0. The summed E-state index contributed by atoms with van der Waals surface area (Å²) >= 11 is 0. The van der Waals surface area contributed by atoms with Gasteiger partial charge in [-0.05, 0) is 18.2 Å². The first-order valence-corrected chi connectivity index (χ1v) is 4.57. The number of hydrogen-bond donors (Lipinski definition) is 2. The van der Waals surface area contributed by atoms with Crippen LogP contribution in [0.15, 0.2) is 42.6 Å². The van der Waals surface area contributed by atoms with Crippen LogP contribution in [0.25, 0.3) is 22.2 Å². The molecular formula is C12H9N2. The quantitative estimate of drug-likeness (QED) is 0.578. The van der Waals surface area contributed by atoms with E-state index in [2.05, 4.69) is 28.3 Å². The van der Waals surface area contributed by atoms with Crippen LogP contribution in [0.5, 0.6) is 0 Å². The van der Waals surface area contributed by atoms with Crippen molar-refractivity contribution in [1.29, 1.82) is 0 Å². The number of aromatic nitrogens is 2. The highest BCUT2D eigenvalue weighted by Crippen LogP contribution is 2.26. The maximum Gasteiger partial charge on any atom is 0.0732 e. The first-order chi connectivity index (χ1) is 6.95. The summed E-state index contributed by atoms with van der Waals surface area (Å²) in [6, 6.07) is 12.2. The van der Waals surface area contributed by atoms with E-state index in [0.717, 1.165) is 16.8 Å². The Morgan fingerprint density at radius 2 is 1.93 bits per heavy atom. The van der Waals surface area contributed by atoms with Crippen molar-refractivity contribution in [3.63, 3.8) is 0 Å². The molecule has 14 heavy (non-hydrogen) atoms. The third kappa shape index (κ3) is 0.973. The summed E-state index contributed by atoms with van der Waals surface area (Å²) in [4.78, 5) is 6.31. The maximum atomic E-state index is 3.18. The zero-order valence-electron chi connectivity index (χ0n) is 7.54. The van der Waals surface area contributed by atoms with Crippen molar-refractivity contribution in [1.82, 2.24) is 9.97 Å². The summed E-state index contributed by atoms with van der Waals surface area (Å²) < 4.78 is 0. The Labute approximate surface area is 81.6 Å². The average Bonchev–Trinajstić information content (AvgIpc) is 2.85. The second-order valence-electron chi connectivity index (χ2n) is 3.25. The van der Waals surface area contributed by atoms with Crippen molar-refractivity contribution in [3.8, 4) is 11.3 Å². The van der Waals surface area contributed by atoms with Crippen LogP contribution in [0.2, 0.25) is 0 Å². The molecule has 2 nitrogen and oxygen atoms in total. The fourth-order valence-electron chi connectivity index (χ4n) is 1.71. The van der Waals surface area contributed by atoms with Gasteiger partial charge in [-0.15, -0.1) is 0 Å². The van der Waals surface area contributed by atoms with Gasteiger partial charge in [0.1, 0.15) is 0 Å². The third-order valence-corrected chi connectivity index (χ3v) is 2.39. The predicted molar refractivity (Wildman–Crippen MR) is 56.9 cm³/mol. The number of para-hydroxylation sites is 1. The molecule has 0 saturated heterocycles. The Balaban J connectivity index is 2.33. The lowest BCUT2D eigenvalue weighted by molar-refractivity contribution is 1.39. The first kappa shape index (κ1) is 7.44. The number of fused-ring (bicyclic) bond motifs is 1. The Morgan fingerprint density at radius 3 is 2.79 bits per heavy atom. The highest BCUT2D eigenvalue weighted by molar-refractivity contribution is 5.94. The van der Waals surface area contributed by atoms with E-state index in [9.17, 15) is 0 Å². The zero-order chi connectivity index (χ0) is 9.38. The predicted octanol–water partition coefficient (Wildman–Crippen LogP) is 2.96. The smallest absolute Gasteiger partial charge is 0.0732 e. The van der Waals surface area contributed by atoms with Crippen LogP contribution in [0.3, 0.4) is 0 Å². The minimum atomic E-state index is 1.10. The van der Waals surface area contributed by atoms with Crippen LogP contribution in [0.4, 0.5) is 0 Å². The molecule has 2 heteroatoms. The molecule has 0 fully saturated rings. The van der Waals surface area contributed by atoms with E-state index in [1.807, 2.05) is 30.5 Å². The molecule has 1 radical (unpaired) electrons. The molecule has 0 aliphatic heterocycles. The van der Waals surface area contributed by atoms with Crippen LogP contribution in [0, 0.1) is 6.20 Å². The van der Waals surface area contributed by atoms with Crippen molar-refractivity contribution >= 4 is 10.9 Å². The third-order valence-electron chi connectivity index (χ3n) is 2.39. The van der Waals surface area contributed by atoms with Crippen molar-refractivity contribution in [2.45, 2.75) is 0 Å². The van der Waals surface area contributed by atoms with E-state index < -0.39 is 0 Å². The molecule has 0 saturated carbocycles. The maximum absolute atomic E-state index is 3.18. The largest absolute Gasteiger partial charge is 0.361 e. The van der Waals surface area contributed by atoms with E-state index >= 15 is 0 Å². The van der Waals surface area contributed by atoms with Gasteiger partial charge in [-0.3, -0.25) is 0 Å². The van der Waals surface area contributed by atoms with E-state index in [0.29, 0.717) is 0 Å². The first-order valence-electron chi connectivity index (χ1n) is 4.57. The zero-order valence-corrected chi connectivity index (χ0v) is 7.54. The van der Waals surface area contributed by atoms with Crippen molar-refractivity contribution in [3.05, 3.63) is 48.8 Å². The van der Waals surface area contributed by atoms with Gasteiger partial charge in [0, 0.05) is 28.4 Å². The van der Waals surface area contributed by atoms with E-state index in [1.54, 1.807) is 0 Å². The van der Waals surface area contributed by atoms with Gasteiger partial charge in [-0.2, -0.15) is 0 Å². The second kappa shape index (κ2) is 2.77. The SMILES string of the molecule is [c]1[nH]c2ccccc2c1-c1ccc[nH]1. The molecule has 0 aliphatic rings. The lowest BCUT2D eigenvalue weighted by Crippen LogP contribution is -1.72. The summed E-state index contributed by atoms with van der Waals surface area (Å²) in [7, 11) is 0. The molecule has 2 aromatic heterocycles. The van der Waals surface area contributed by atoms with E-state index in [-0.39, 0.29) is 0 Å². The van der Waals surface area contributed by atoms with Gasteiger partial charge in [0.05, 0.1) is 6.20 Å². The molecule has 0 atom stereocenters. The number of rotatable bonds is 1. The van der Waals surface area contributed by atoms with Gasteiger partial charge < -0.3 is 9.97 Å². The van der Waals surface area contributed by atoms with E-state index in [4.69, 9.17) is 0 Å². The van der Waals surface area contributed by atoms with Gasteiger partial charge in [0.25, 0.3) is 0 Å². The van der Waals surface area contributed by atoms with Crippen molar-refractivity contribution in [2.75, 3.05) is 0 Å². The van der Waals surface area contributed by atoms with Crippen molar-refractivity contribution < 1.29 is 0 Å². The van der Waals surface area contributed by atoms with Crippen LogP contribution in [0.1, 0.15) is 0 Å². The summed E-state index contributed by atoms with van der Waals surface area (Å²) in [6.07, 6.45) is 5.08.